The summed E-state index contributed by atoms with van der Waals surface area (Å²) < 4.78 is 53.1. The molecule has 2 aliphatic heterocycles. The SMILES string of the molecule is CCCCN(CCCC)c1ccc2c(c1C)Oc1ccc(Nc3cccc(C(F)(F)F)c3)cc1C21OC(=O)c2ccccc21. The first-order valence-electron chi connectivity index (χ1n) is 15.2. The lowest BCUT2D eigenvalue weighted by Gasteiger charge is -2.38. The molecule has 6 rings (SSSR count). The minimum Gasteiger partial charge on any atom is -0.456 e. The van der Waals surface area contributed by atoms with Crippen LogP contribution in [0.5, 0.6) is 11.5 Å². The zero-order valence-electron chi connectivity index (χ0n) is 25.1. The number of carbonyl (C=O) groups excluding carboxylic acids is 1. The lowest BCUT2D eigenvalue weighted by Crippen LogP contribution is -2.34. The minimum absolute atomic E-state index is 0.287. The molecule has 0 aromatic heterocycles. The topological polar surface area (TPSA) is 50.8 Å². The van der Waals surface area contributed by atoms with E-state index >= 15 is 0 Å². The van der Waals surface area contributed by atoms with Crippen LogP contribution >= 0.6 is 0 Å². The van der Waals surface area contributed by atoms with Crippen molar-refractivity contribution in [2.24, 2.45) is 0 Å². The number of fused-ring (bicyclic) bond motifs is 6. The number of esters is 1. The first-order chi connectivity index (χ1) is 21.2. The number of hydrogen-bond donors (Lipinski definition) is 1. The monoisotopic (exact) mass is 600 g/mol. The first kappa shape index (κ1) is 29.6. The Morgan fingerprint density at radius 2 is 1.55 bits per heavy atom. The van der Waals surface area contributed by atoms with Crippen molar-refractivity contribution < 1.29 is 27.4 Å². The summed E-state index contributed by atoms with van der Waals surface area (Å²) in [5.74, 6) is 0.728. The molecule has 0 radical (unpaired) electrons. The number of nitrogens with one attached hydrogen (secondary N) is 1. The Kier molecular flexibility index (Phi) is 7.78. The van der Waals surface area contributed by atoms with E-state index in [1.54, 1.807) is 36.4 Å². The summed E-state index contributed by atoms with van der Waals surface area (Å²) in [4.78, 5) is 15.8. The summed E-state index contributed by atoms with van der Waals surface area (Å²) in [5, 5.41) is 3.10. The van der Waals surface area contributed by atoms with Crippen molar-refractivity contribution >= 4 is 23.0 Å². The molecule has 4 aromatic rings. The zero-order valence-corrected chi connectivity index (χ0v) is 25.1. The van der Waals surface area contributed by atoms with Crippen LogP contribution in [0.1, 0.15) is 77.7 Å². The van der Waals surface area contributed by atoms with Crippen molar-refractivity contribution in [3.63, 3.8) is 0 Å². The lowest BCUT2D eigenvalue weighted by atomic mass is 9.76. The number of nitrogens with zero attached hydrogens (tertiary/aromatic N) is 1. The van der Waals surface area contributed by atoms with Gasteiger partial charge in [-0.2, -0.15) is 13.2 Å². The smallest absolute Gasteiger partial charge is 0.416 e. The van der Waals surface area contributed by atoms with E-state index in [0.29, 0.717) is 39.4 Å². The minimum atomic E-state index is -4.46. The van der Waals surface area contributed by atoms with E-state index in [4.69, 9.17) is 9.47 Å². The van der Waals surface area contributed by atoms with E-state index in [-0.39, 0.29) is 5.69 Å². The molecule has 1 unspecified atom stereocenters. The van der Waals surface area contributed by atoms with Crippen LogP contribution in [-0.4, -0.2) is 19.1 Å². The molecule has 1 spiro atoms. The van der Waals surface area contributed by atoms with E-state index in [1.807, 2.05) is 25.1 Å². The molecule has 1 atom stereocenters. The Hall–Kier alpha value is -4.46. The maximum absolute atomic E-state index is 13.4. The first-order valence-corrected chi connectivity index (χ1v) is 15.2. The van der Waals surface area contributed by atoms with Gasteiger partial charge in [-0.1, -0.05) is 51.0 Å². The molecule has 8 heteroatoms. The highest BCUT2D eigenvalue weighted by atomic mass is 19.4. The third kappa shape index (κ3) is 5.06. The van der Waals surface area contributed by atoms with Gasteiger partial charge in [0, 0.05) is 52.4 Å². The fourth-order valence-electron chi connectivity index (χ4n) is 6.27. The molecular formula is C36H35F3N2O3. The van der Waals surface area contributed by atoms with Gasteiger partial charge in [-0.25, -0.2) is 4.79 Å². The maximum atomic E-state index is 13.4. The van der Waals surface area contributed by atoms with Gasteiger partial charge in [0.25, 0.3) is 0 Å². The number of halogens is 3. The molecule has 0 aliphatic carbocycles. The summed E-state index contributed by atoms with van der Waals surface area (Å²) in [6, 6.07) is 21.8. The van der Waals surface area contributed by atoms with Gasteiger partial charge >= 0.3 is 12.1 Å². The molecule has 0 bridgehead atoms. The summed E-state index contributed by atoms with van der Waals surface area (Å²) in [6.07, 6.45) is -0.149. The van der Waals surface area contributed by atoms with Gasteiger partial charge in [-0.15, -0.1) is 0 Å². The van der Waals surface area contributed by atoms with E-state index in [9.17, 15) is 18.0 Å². The third-order valence-corrected chi connectivity index (χ3v) is 8.48. The van der Waals surface area contributed by atoms with Gasteiger partial charge in [-0.05, 0) is 74.4 Å². The molecule has 2 aliphatic rings. The van der Waals surface area contributed by atoms with Crippen molar-refractivity contribution in [1.29, 1.82) is 0 Å². The lowest BCUT2D eigenvalue weighted by molar-refractivity contribution is -0.137. The number of benzene rings is 4. The second kappa shape index (κ2) is 11.6. The number of rotatable bonds is 9. The Morgan fingerprint density at radius 3 is 2.27 bits per heavy atom. The van der Waals surface area contributed by atoms with Gasteiger partial charge < -0.3 is 19.7 Å². The van der Waals surface area contributed by atoms with E-state index < -0.39 is 23.3 Å². The maximum Gasteiger partial charge on any atom is 0.416 e. The fraction of sp³-hybridized carbons (Fsp3) is 0.306. The third-order valence-electron chi connectivity index (χ3n) is 8.48. The molecule has 44 heavy (non-hydrogen) atoms. The summed E-state index contributed by atoms with van der Waals surface area (Å²) in [5.41, 5.74) is 3.33. The standard InChI is InChI=1S/C36H35F3N2O3/c1-4-6-19-41(20-7-5-2)31-17-16-29-33(23(31)3)43-32-18-15-26(40-25-12-10-11-24(21-25)36(37,38)39)22-30(32)35(29)28-14-9-8-13-27(28)34(42)44-35/h8-18,21-22,40H,4-7,19-20H2,1-3H3. The van der Waals surface area contributed by atoms with E-state index in [0.717, 1.165) is 62.2 Å². The summed E-state index contributed by atoms with van der Waals surface area (Å²) in [7, 11) is 0. The van der Waals surface area contributed by atoms with Gasteiger partial charge in [-0.3, -0.25) is 0 Å². The molecule has 5 nitrogen and oxygen atoms in total. The quantitative estimate of drug-likeness (QED) is 0.194. The Balaban J connectivity index is 1.49. The molecule has 2 heterocycles. The van der Waals surface area contributed by atoms with Crippen LogP contribution in [0.25, 0.3) is 0 Å². The largest absolute Gasteiger partial charge is 0.456 e. The van der Waals surface area contributed by atoms with Crippen molar-refractivity contribution in [3.8, 4) is 11.5 Å². The van der Waals surface area contributed by atoms with Crippen molar-refractivity contribution in [3.05, 3.63) is 112 Å². The van der Waals surface area contributed by atoms with Crippen LogP contribution < -0.4 is 15.0 Å². The van der Waals surface area contributed by atoms with Gasteiger partial charge in [0.1, 0.15) is 11.5 Å². The molecule has 228 valence electrons. The van der Waals surface area contributed by atoms with Crippen molar-refractivity contribution in [1.82, 2.24) is 0 Å². The molecule has 0 saturated heterocycles. The Bertz CT molecular complexity index is 1710. The van der Waals surface area contributed by atoms with Crippen LogP contribution in [0, 0.1) is 6.92 Å². The Labute approximate surface area is 255 Å². The number of alkyl halides is 3. The van der Waals surface area contributed by atoms with E-state index in [1.165, 1.54) is 6.07 Å². The number of carbonyl (C=O) groups is 1. The van der Waals surface area contributed by atoms with Crippen LogP contribution in [-0.2, 0) is 16.5 Å². The molecule has 4 aromatic carbocycles. The number of ether oxygens (including phenoxy) is 2. The van der Waals surface area contributed by atoms with E-state index in [2.05, 4.69) is 30.1 Å². The Morgan fingerprint density at radius 1 is 0.818 bits per heavy atom. The predicted molar refractivity (Wildman–Crippen MR) is 166 cm³/mol. The summed E-state index contributed by atoms with van der Waals surface area (Å²) in [6.45, 7) is 8.28. The highest BCUT2D eigenvalue weighted by Crippen LogP contribution is 2.58. The van der Waals surface area contributed by atoms with Gasteiger partial charge in [0.2, 0.25) is 0 Å². The number of anilines is 3. The predicted octanol–water partition coefficient (Wildman–Crippen LogP) is 9.73. The average Bonchev–Trinajstić information content (AvgIpc) is 3.31. The van der Waals surface area contributed by atoms with Crippen molar-refractivity contribution in [2.75, 3.05) is 23.3 Å². The van der Waals surface area contributed by atoms with Crippen LogP contribution in [0.2, 0.25) is 0 Å². The molecule has 1 N–H and O–H groups in total. The molecule has 0 saturated carbocycles. The highest BCUT2D eigenvalue weighted by molar-refractivity contribution is 5.97. The fourth-order valence-corrected chi connectivity index (χ4v) is 6.27. The molecular weight excluding hydrogens is 565 g/mol. The van der Waals surface area contributed by atoms with Crippen LogP contribution in [0.4, 0.5) is 30.2 Å². The molecule has 0 amide bonds. The second-order valence-corrected chi connectivity index (χ2v) is 11.4. The summed E-state index contributed by atoms with van der Waals surface area (Å²) >= 11 is 0. The number of unbranched alkanes of at least 4 members (excludes halogenated alkanes) is 2. The van der Waals surface area contributed by atoms with Gasteiger partial charge in [0.05, 0.1) is 11.1 Å². The van der Waals surface area contributed by atoms with Gasteiger partial charge in [0.15, 0.2) is 5.60 Å². The van der Waals surface area contributed by atoms with Crippen LogP contribution in [0.15, 0.2) is 78.9 Å². The number of hydrogen-bond acceptors (Lipinski definition) is 5. The van der Waals surface area contributed by atoms with Crippen molar-refractivity contribution in [2.45, 2.75) is 58.2 Å². The molecule has 0 fully saturated rings. The average molecular weight is 601 g/mol. The second-order valence-electron chi connectivity index (χ2n) is 11.4. The normalized spacial score (nSPS) is 16.5. The van der Waals surface area contributed by atoms with Crippen LogP contribution in [0.3, 0.4) is 0 Å². The zero-order chi connectivity index (χ0) is 31.1. The highest BCUT2D eigenvalue weighted by Gasteiger charge is 2.54.